The molecule has 2 aliphatic heterocycles. The molecule has 3 rings (SSSR count). The van der Waals surface area contributed by atoms with Crippen LogP contribution in [0.3, 0.4) is 0 Å². The lowest BCUT2D eigenvalue weighted by atomic mass is 9.96. The van der Waals surface area contributed by atoms with Crippen molar-refractivity contribution in [1.29, 1.82) is 0 Å². The van der Waals surface area contributed by atoms with Gasteiger partial charge in [-0.25, -0.2) is 8.42 Å². The van der Waals surface area contributed by atoms with Gasteiger partial charge in [0, 0.05) is 32.1 Å². The van der Waals surface area contributed by atoms with Crippen LogP contribution in [0.5, 0.6) is 0 Å². The number of hydrogen-bond donors (Lipinski definition) is 0. The number of sulfonamides is 1. The lowest BCUT2D eigenvalue weighted by molar-refractivity contribution is -0.136. The zero-order chi connectivity index (χ0) is 18.7. The Bertz CT molecular complexity index is 744. The van der Waals surface area contributed by atoms with E-state index in [-0.39, 0.29) is 11.8 Å². The Kier molecular flexibility index (Phi) is 6.03. The van der Waals surface area contributed by atoms with Crippen molar-refractivity contribution in [3.8, 4) is 0 Å². The van der Waals surface area contributed by atoms with Crippen molar-refractivity contribution >= 4 is 15.9 Å². The largest absolute Gasteiger partial charge is 0.342 e. The molecular weight excluding hydrogens is 348 g/mol. The molecule has 0 atom stereocenters. The minimum absolute atomic E-state index is 0.0290. The van der Waals surface area contributed by atoms with Gasteiger partial charge in [0.1, 0.15) is 0 Å². The highest BCUT2D eigenvalue weighted by atomic mass is 32.2. The number of nitrogens with zero attached hydrogens (tertiary/aromatic N) is 2. The van der Waals surface area contributed by atoms with Crippen molar-refractivity contribution in [2.24, 2.45) is 5.92 Å². The van der Waals surface area contributed by atoms with Crippen LogP contribution in [0.15, 0.2) is 23.1 Å². The van der Waals surface area contributed by atoms with Crippen LogP contribution in [-0.4, -0.2) is 49.7 Å². The van der Waals surface area contributed by atoms with E-state index in [1.807, 2.05) is 30.9 Å². The first kappa shape index (κ1) is 19.4. The number of aryl methyl sites for hydroxylation is 2. The van der Waals surface area contributed by atoms with Gasteiger partial charge in [-0.2, -0.15) is 4.31 Å². The molecule has 0 aliphatic carbocycles. The zero-order valence-corrected chi connectivity index (χ0v) is 16.7. The van der Waals surface area contributed by atoms with E-state index in [0.717, 1.165) is 37.1 Å². The highest BCUT2D eigenvalue weighted by Crippen LogP contribution is 2.27. The highest BCUT2D eigenvalue weighted by molar-refractivity contribution is 7.89. The summed E-state index contributed by atoms with van der Waals surface area (Å²) < 4.78 is 27.5. The smallest absolute Gasteiger partial charge is 0.243 e. The van der Waals surface area contributed by atoms with Crippen LogP contribution in [0, 0.1) is 19.8 Å². The van der Waals surface area contributed by atoms with Gasteiger partial charge in [0.05, 0.1) is 4.90 Å². The van der Waals surface area contributed by atoms with Gasteiger partial charge in [0.25, 0.3) is 0 Å². The van der Waals surface area contributed by atoms with Crippen molar-refractivity contribution in [3.63, 3.8) is 0 Å². The molecule has 0 radical (unpaired) electrons. The second-order valence-electron chi connectivity index (χ2n) is 7.69. The third kappa shape index (κ3) is 4.12. The maximum absolute atomic E-state index is 13.0. The van der Waals surface area contributed by atoms with Crippen LogP contribution >= 0.6 is 0 Å². The maximum Gasteiger partial charge on any atom is 0.243 e. The predicted octanol–water partition coefficient (Wildman–Crippen LogP) is 3.11. The average molecular weight is 379 g/mol. The summed E-state index contributed by atoms with van der Waals surface area (Å²) in [4.78, 5) is 15.2. The first-order valence-electron chi connectivity index (χ1n) is 9.76. The number of amides is 1. The van der Waals surface area contributed by atoms with Gasteiger partial charge in [0.15, 0.2) is 0 Å². The highest BCUT2D eigenvalue weighted by Gasteiger charge is 2.34. The molecule has 144 valence electrons. The second-order valence-corrected chi connectivity index (χ2v) is 9.59. The maximum atomic E-state index is 13.0. The summed E-state index contributed by atoms with van der Waals surface area (Å²) in [6.45, 7) is 6.39. The van der Waals surface area contributed by atoms with Crippen LogP contribution in [0.1, 0.15) is 49.7 Å². The first-order valence-corrected chi connectivity index (χ1v) is 11.2. The Morgan fingerprint density at radius 3 is 2.15 bits per heavy atom. The summed E-state index contributed by atoms with van der Waals surface area (Å²) in [6, 6.07) is 5.45. The minimum atomic E-state index is -3.48. The molecule has 5 nitrogen and oxygen atoms in total. The number of piperidine rings is 1. The van der Waals surface area contributed by atoms with Gasteiger partial charge in [0.2, 0.25) is 15.9 Å². The van der Waals surface area contributed by atoms with Crippen molar-refractivity contribution in [1.82, 2.24) is 9.21 Å². The number of rotatable bonds is 3. The summed E-state index contributed by atoms with van der Waals surface area (Å²) in [5.41, 5.74) is 1.84. The number of benzene rings is 1. The summed E-state index contributed by atoms with van der Waals surface area (Å²) >= 11 is 0. The summed E-state index contributed by atoms with van der Waals surface area (Å²) in [7, 11) is -3.48. The van der Waals surface area contributed by atoms with E-state index in [4.69, 9.17) is 0 Å². The van der Waals surface area contributed by atoms with E-state index in [1.165, 1.54) is 12.8 Å². The van der Waals surface area contributed by atoms with Crippen molar-refractivity contribution in [3.05, 3.63) is 29.3 Å². The van der Waals surface area contributed by atoms with Gasteiger partial charge < -0.3 is 4.90 Å². The number of hydrogen-bond acceptors (Lipinski definition) is 3. The van der Waals surface area contributed by atoms with Gasteiger partial charge in [-0.3, -0.25) is 4.79 Å². The topological polar surface area (TPSA) is 57.7 Å². The van der Waals surface area contributed by atoms with Crippen LogP contribution < -0.4 is 0 Å². The molecule has 1 aromatic rings. The quantitative estimate of drug-likeness (QED) is 0.812. The van der Waals surface area contributed by atoms with Crippen molar-refractivity contribution < 1.29 is 13.2 Å². The fourth-order valence-corrected chi connectivity index (χ4v) is 5.80. The Morgan fingerprint density at radius 1 is 0.962 bits per heavy atom. The molecule has 26 heavy (non-hydrogen) atoms. The Morgan fingerprint density at radius 2 is 1.58 bits per heavy atom. The SMILES string of the molecule is Cc1ccc(S(=O)(=O)N2CCC(C(=O)N3CCCCCC3)CC2)c(C)c1. The van der Waals surface area contributed by atoms with Gasteiger partial charge in [-0.1, -0.05) is 30.5 Å². The zero-order valence-electron chi connectivity index (χ0n) is 15.9. The van der Waals surface area contributed by atoms with Gasteiger partial charge >= 0.3 is 0 Å². The minimum Gasteiger partial charge on any atom is -0.342 e. The lowest BCUT2D eigenvalue weighted by Crippen LogP contribution is -2.44. The van der Waals surface area contributed by atoms with E-state index in [0.29, 0.717) is 30.8 Å². The molecule has 1 aromatic carbocycles. The normalized spacial score (nSPS) is 20.8. The molecule has 0 bridgehead atoms. The summed E-state index contributed by atoms with van der Waals surface area (Å²) in [6.07, 6.45) is 5.84. The molecule has 0 saturated carbocycles. The summed E-state index contributed by atoms with van der Waals surface area (Å²) in [5.74, 6) is 0.203. The molecule has 2 fully saturated rings. The number of likely N-dealkylation sites (tertiary alicyclic amines) is 1. The Hall–Kier alpha value is -1.40. The molecule has 1 amide bonds. The van der Waals surface area contributed by atoms with E-state index in [9.17, 15) is 13.2 Å². The van der Waals surface area contributed by atoms with Crippen LogP contribution in [-0.2, 0) is 14.8 Å². The second kappa shape index (κ2) is 8.09. The molecule has 2 aliphatic rings. The first-order chi connectivity index (χ1) is 12.4. The third-order valence-electron chi connectivity index (χ3n) is 5.67. The molecule has 0 spiro atoms. The monoisotopic (exact) mass is 378 g/mol. The molecule has 2 heterocycles. The van der Waals surface area contributed by atoms with Crippen molar-refractivity contribution in [2.45, 2.75) is 57.3 Å². The van der Waals surface area contributed by atoms with E-state index in [1.54, 1.807) is 10.4 Å². The Labute approximate surface area is 157 Å². The fraction of sp³-hybridized carbons (Fsp3) is 0.650. The average Bonchev–Trinajstić information content (AvgIpc) is 2.90. The van der Waals surface area contributed by atoms with Gasteiger partial charge in [-0.15, -0.1) is 0 Å². The van der Waals surface area contributed by atoms with E-state index >= 15 is 0 Å². The lowest BCUT2D eigenvalue weighted by Gasteiger charge is -2.33. The van der Waals surface area contributed by atoms with Crippen LogP contribution in [0.4, 0.5) is 0 Å². The van der Waals surface area contributed by atoms with Crippen LogP contribution in [0.2, 0.25) is 0 Å². The van der Waals surface area contributed by atoms with E-state index < -0.39 is 10.0 Å². The molecule has 6 heteroatoms. The van der Waals surface area contributed by atoms with Gasteiger partial charge in [-0.05, 0) is 51.2 Å². The third-order valence-corrected chi connectivity index (χ3v) is 7.73. The Balaban J connectivity index is 1.65. The molecule has 0 aromatic heterocycles. The summed E-state index contributed by atoms with van der Waals surface area (Å²) in [5, 5.41) is 0. The van der Waals surface area contributed by atoms with Crippen molar-refractivity contribution in [2.75, 3.05) is 26.2 Å². The number of carbonyl (C=O) groups excluding carboxylic acids is 1. The predicted molar refractivity (Wildman–Crippen MR) is 102 cm³/mol. The molecule has 0 N–H and O–H groups in total. The standard InChI is InChI=1S/C20H30N2O3S/c1-16-7-8-19(17(2)15-16)26(24,25)22-13-9-18(10-14-22)20(23)21-11-5-3-4-6-12-21/h7-8,15,18H,3-6,9-14H2,1-2H3. The van der Waals surface area contributed by atoms with Crippen LogP contribution in [0.25, 0.3) is 0 Å². The number of carbonyl (C=O) groups is 1. The van der Waals surface area contributed by atoms with E-state index in [2.05, 4.69) is 0 Å². The molecule has 2 saturated heterocycles. The molecule has 0 unspecified atom stereocenters. The molecular formula is C20H30N2O3S. The fourth-order valence-electron chi connectivity index (χ4n) is 4.12.